The Balaban J connectivity index is 1.62. The van der Waals surface area contributed by atoms with Crippen LogP contribution in [-0.4, -0.2) is 25.0 Å². The zero-order valence-corrected chi connectivity index (χ0v) is 14.5. The summed E-state index contributed by atoms with van der Waals surface area (Å²) in [6.07, 6.45) is 1.46. The van der Waals surface area contributed by atoms with E-state index in [2.05, 4.69) is 5.32 Å². The van der Waals surface area contributed by atoms with Crippen molar-refractivity contribution in [2.75, 3.05) is 23.4 Å². The van der Waals surface area contributed by atoms with Gasteiger partial charge in [-0.15, -0.1) is 0 Å². The molecular formula is C20H22N2O3. The lowest BCUT2D eigenvalue weighted by molar-refractivity contribution is -0.118. The number of carbonyl (C=O) groups is 2. The number of rotatable bonds is 5. The fourth-order valence-corrected chi connectivity index (χ4v) is 3.00. The number of nitrogens with zero attached hydrogens (tertiary/aromatic N) is 1. The standard InChI is InChI=1S/C20H22N2O3/c1-14-6-3-7-15(2)20(14)21-18(23)13-25-17-9-4-8-16(12-17)22-11-5-10-19(22)24/h3-4,6-9,12H,5,10-11,13H2,1-2H3,(H,21,23). The minimum Gasteiger partial charge on any atom is -0.484 e. The Morgan fingerprint density at radius 1 is 1.16 bits per heavy atom. The maximum atomic E-state index is 12.2. The van der Waals surface area contributed by atoms with Gasteiger partial charge in [-0.2, -0.15) is 0 Å². The molecule has 5 heteroatoms. The van der Waals surface area contributed by atoms with Gasteiger partial charge < -0.3 is 15.0 Å². The highest BCUT2D eigenvalue weighted by Gasteiger charge is 2.21. The molecule has 1 heterocycles. The van der Waals surface area contributed by atoms with E-state index in [4.69, 9.17) is 4.74 Å². The first-order chi connectivity index (χ1) is 12.0. The Labute approximate surface area is 147 Å². The maximum absolute atomic E-state index is 12.2. The molecule has 130 valence electrons. The van der Waals surface area contributed by atoms with Crippen LogP contribution >= 0.6 is 0 Å². The summed E-state index contributed by atoms with van der Waals surface area (Å²) in [4.78, 5) is 25.8. The molecule has 3 rings (SSSR count). The molecule has 0 unspecified atom stereocenters. The summed E-state index contributed by atoms with van der Waals surface area (Å²) in [7, 11) is 0. The molecule has 0 aromatic heterocycles. The number of hydrogen-bond donors (Lipinski definition) is 1. The van der Waals surface area contributed by atoms with E-state index in [0.29, 0.717) is 12.2 Å². The van der Waals surface area contributed by atoms with Crippen molar-refractivity contribution in [1.29, 1.82) is 0 Å². The van der Waals surface area contributed by atoms with Crippen molar-refractivity contribution in [2.45, 2.75) is 26.7 Å². The van der Waals surface area contributed by atoms with Crippen LogP contribution in [0.25, 0.3) is 0 Å². The smallest absolute Gasteiger partial charge is 0.262 e. The van der Waals surface area contributed by atoms with Crippen LogP contribution in [0.15, 0.2) is 42.5 Å². The van der Waals surface area contributed by atoms with Gasteiger partial charge in [0.1, 0.15) is 5.75 Å². The van der Waals surface area contributed by atoms with Gasteiger partial charge in [0.15, 0.2) is 6.61 Å². The summed E-state index contributed by atoms with van der Waals surface area (Å²) in [6.45, 7) is 4.57. The summed E-state index contributed by atoms with van der Waals surface area (Å²) in [5.41, 5.74) is 3.67. The van der Waals surface area contributed by atoms with E-state index in [0.717, 1.165) is 35.5 Å². The number of ether oxygens (including phenoxy) is 1. The number of para-hydroxylation sites is 1. The number of amides is 2. The first-order valence-corrected chi connectivity index (χ1v) is 8.44. The zero-order chi connectivity index (χ0) is 17.8. The molecule has 0 saturated carbocycles. The lowest BCUT2D eigenvalue weighted by Crippen LogP contribution is -2.24. The minimum absolute atomic E-state index is 0.0782. The fraction of sp³-hybridized carbons (Fsp3) is 0.300. The van der Waals surface area contributed by atoms with Crippen LogP contribution in [0.2, 0.25) is 0 Å². The van der Waals surface area contributed by atoms with Gasteiger partial charge in [-0.1, -0.05) is 24.3 Å². The molecule has 25 heavy (non-hydrogen) atoms. The first-order valence-electron chi connectivity index (χ1n) is 8.44. The van der Waals surface area contributed by atoms with Gasteiger partial charge in [-0.25, -0.2) is 0 Å². The number of nitrogens with one attached hydrogen (secondary N) is 1. The second-order valence-corrected chi connectivity index (χ2v) is 6.25. The number of hydrogen-bond acceptors (Lipinski definition) is 3. The molecule has 1 aliphatic heterocycles. The quantitative estimate of drug-likeness (QED) is 0.908. The number of anilines is 2. The molecule has 5 nitrogen and oxygen atoms in total. The number of aryl methyl sites for hydroxylation is 2. The maximum Gasteiger partial charge on any atom is 0.262 e. The molecule has 1 saturated heterocycles. The van der Waals surface area contributed by atoms with Crippen LogP contribution in [0, 0.1) is 13.8 Å². The highest BCUT2D eigenvalue weighted by Crippen LogP contribution is 2.25. The normalized spacial score (nSPS) is 13.8. The van der Waals surface area contributed by atoms with Crippen molar-refractivity contribution in [1.82, 2.24) is 0 Å². The second-order valence-electron chi connectivity index (χ2n) is 6.25. The molecule has 1 aliphatic rings. The third-order valence-corrected chi connectivity index (χ3v) is 4.32. The van der Waals surface area contributed by atoms with Crippen LogP contribution in [0.1, 0.15) is 24.0 Å². The van der Waals surface area contributed by atoms with Crippen LogP contribution in [-0.2, 0) is 9.59 Å². The number of carbonyl (C=O) groups excluding carboxylic acids is 2. The largest absolute Gasteiger partial charge is 0.484 e. The van der Waals surface area contributed by atoms with E-state index >= 15 is 0 Å². The molecule has 0 radical (unpaired) electrons. The lowest BCUT2D eigenvalue weighted by Gasteiger charge is -2.17. The van der Waals surface area contributed by atoms with Gasteiger partial charge >= 0.3 is 0 Å². The molecule has 0 bridgehead atoms. The van der Waals surface area contributed by atoms with Crippen LogP contribution < -0.4 is 15.0 Å². The van der Waals surface area contributed by atoms with Crippen molar-refractivity contribution in [2.24, 2.45) is 0 Å². The van der Waals surface area contributed by atoms with Gasteiger partial charge in [-0.3, -0.25) is 9.59 Å². The van der Waals surface area contributed by atoms with E-state index < -0.39 is 0 Å². The molecule has 2 amide bonds. The fourth-order valence-electron chi connectivity index (χ4n) is 3.00. The molecule has 2 aromatic carbocycles. The van der Waals surface area contributed by atoms with Gasteiger partial charge in [-0.05, 0) is 43.5 Å². The average molecular weight is 338 g/mol. The van der Waals surface area contributed by atoms with Crippen molar-refractivity contribution in [3.63, 3.8) is 0 Å². The summed E-state index contributed by atoms with van der Waals surface area (Å²) in [5, 5.41) is 2.90. The van der Waals surface area contributed by atoms with Crippen LogP contribution in [0.3, 0.4) is 0 Å². The van der Waals surface area contributed by atoms with Crippen molar-refractivity contribution in [3.8, 4) is 5.75 Å². The monoisotopic (exact) mass is 338 g/mol. The SMILES string of the molecule is Cc1cccc(C)c1NC(=O)COc1cccc(N2CCCC2=O)c1. The van der Waals surface area contributed by atoms with Crippen LogP contribution in [0.4, 0.5) is 11.4 Å². The first kappa shape index (κ1) is 17.0. The summed E-state index contributed by atoms with van der Waals surface area (Å²) >= 11 is 0. The van der Waals surface area contributed by atoms with Crippen molar-refractivity contribution < 1.29 is 14.3 Å². The van der Waals surface area contributed by atoms with E-state index in [1.54, 1.807) is 17.0 Å². The van der Waals surface area contributed by atoms with E-state index in [9.17, 15) is 9.59 Å². The summed E-state index contributed by atoms with van der Waals surface area (Å²) in [5.74, 6) is 0.499. The zero-order valence-electron chi connectivity index (χ0n) is 14.5. The molecule has 1 N–H and O–H groups in total. The second kappa shape index (κ2) is 7.38. The predicted molar refractivity (Wildman–Crippen MR) is 98.1 cm³/mol. The lowest BCUT2D eigenvalue weighted by atomic mass is 10.1. The van der Waals surface area contributed by atoms with Gasteiger partial charge in [0, 0.05) is 30.4 Å². The Kier molecular flexibility index (Phi) is 5.03. The van der Waals surface area contributed by atoms with Crippen LogP contribution in [0.5, 0.6) is 5.75 Å². The van der Waals surface area contributed by atoms with Gasteiger partial charge in [0.05, 0.1) is 0 Å². The minimum atomic E-state index is -0.208. The van der Waals surface area contributed by atoms with Crippen molar-refractivity contribution in [3.05, 3.63) is 53.6 Å². The highest BCUT2D eigenvalue weighted by atomic mass is 16.5. The topological polar surface area (TPSA) is 58.6 Å². The van der Waals surface area contributed by atoms with Crippen molar-refractivity contribution >= 4 is 23.2 Å². The Bertz CT molecular complexity index is 781. The number of benzene rings is 2. The summed E-state index contributed by atoms with van der Waals surface area (Å²) < 4.78 is 5.61. The van der Waals surface area contributed by atoms with Gasteiger partial charge in [0.25, 0.3) is 5.91 Å². The van der Waals surface area contributed by atoms with E-state index in [1.165, 1.54) is 0 Å². The third kappa shape index (κ3) is 3.99. The van der Waals surface area contributed by atoms with Gasteiger partial charge in [0.2, 0.25) is 5.91 Å². The molecule has 0 spiro atoms. The molecule has 0 atom stereocenters. The third-order valence-electron chi connectivity index (χ3n) is 4.32. The molecule has 2 aromatic rings. The predicted octanol–water partition coefficient (Wildman–Crippen LogP) is 3.45. The molecule has 0 aliphatic carbocycles. The van der Waals surface area contributed by atoms with E-state index in [1.807, 2.05) is 44.2 Å². The molecular weight excluding hydrogens is 316 g/mol. The highest BCUT2D eigenvalue weighted by molar-refractivity contribution is 5.95. The summed E-state index contributed by atoms with van der Waals surface area (Å²) in [6, 6.07) is 13.2. The Hall–Kier alpha value is -2.82. The molecule has 1 fully saturated rings. The van der Waals surface area contributed by atoms with E-state index in [-0.39, 0.29) is 18.4 Å². The Morgan fingerprint density at radius 2 is 1.88 bits per heavy atom. The Morgan fingerprint density at radius 3 is 2.56 bits per heavy atom. The average Bonchev–Trinajstić information content (AvgIpc) is 3.03.